The van der Waals surface area contributed by atoms with Crippen molar-refractivity contribution in [3.05, 3.63) is 17.7 Å². The van der Waals surface area contributed by atoms with E-state index in [1.54, 1.807) is 0 Å². The summed E-state index contributed by atoms with van der Waals surface area (Å²) >= 11 is 0. The van der Waals surface area contributed by atoms with E-state index in [2.05, 4.69) is 12.2 Å². The van der Waals surface area contributed by atoms with E-state index in [-0.39, 0.29) is 12.7 Å². The number of benzene rings is 1. The third-order valence-electron chi connectivity index (χ3n) is 5.72. The minimum Gasteiger partial charge on any atom is -0.454 e. The highest BCUT2D eigenvalue weighted by Gasteiger charge is 2.40. The second-order valence-corrected chi connectivity index (χ2v) is 7.30. The highest BCUT2D eigenvalue weighted by atomic mass is 16.7. The number of amides is 1. The van der Waals surface area contributed by atoms with Gasteiger partial charge in [-0.05, 0) is 55.1 Å². The summed E-state index contributed by atoms with van der Waals surface area (Å²) in [4.78, 5) is 12.5. The Bertz CT molecular complexity index is 613. The van der Waals surface area contributed by atoms with Gasteiger partial charge in [0, 0.05) is 18.2 Å². The van der Waals surface area contributed by atoms with Crippen molar-refractivity contribution in [3.63, 3.8) is 0 Å². The molecule has 3 aliphatic rings. The van der Waals surface area contributed by atoms with Crippen molar-refractivity contribution in [2.75, 3.05) is 12.1 Å². The lowest BCUT2D eigenvalue weighted by molar-refractivity contribution is -0.117. The third kappa shape index (κ3) is 2.91. The lowest BCUT2D eigenvalue weighted by Crippen LogP contribution is -2.20. The maximum Gasteiger partial charge on any atom is 0.231 e. The van der Waals surface area contributed by atoms with Gasteiger partial charge in [0.05, 0.1) is 0 Å². The van der Waals surface area contributed by atoms with Crippen molar-refractivity contribution in [2.24, 2.45) is 17.8 Å². The second kappa shape index (κ2) is 6.06. The standard InChI is InChI=1S/C19H25NO3/c1-2-3-14-8-17-18(23-11-22-17)10-16(14)20-19(21)9-15-7-12-4-5-13(15)6-12/h8,10,12-13,15H,2-7,9,11H2,1H3,(H,20,21)/t12-,13-,15-/m1/s1. The topological polar surface area (TPSA) is 47.6 Å². The van der Waals surface area contributed by atoms with E-state index >= 15 is 0 Å². The Hall–Kier alpha value is -1.71. The summed E-state index contributed by atoms with van der Waals surface area (Å²) in [5.41, 5.74) is 2.03. The van der Waals surface area contributed by atoms with Crippen LogP contribution >= 0.6 is 0 Å². The predicted molar refractivity (Wildman–Crippen MR) is 88.7 cm³/mol. The van der Waals surface area contributed by atoms with Crippen molar-refractivity contribution in [1.29, 1.82) is 0 Å². The van der Waals surface area contributed by atoms with Crippen LogP contribution in [0.3, 0.4) is 0 Å². The molecular formula is C19H25NO3. The number of ether oxygens (including phenoxy) is 2. The molecule has 1 N–H and O–H groups in total. The molecule has 2 fully saturated rings. The average Bonchev–Trinajstić information content (AvgIpc) is 3.23. The number of carbonyl (C=O) groups excluding carboxylic acids is 1. The molecule has 2 aliphatic carbocycles. The first-order valence-electron chi connectivity index (χ1n) is 8.95. The highest BCUT2D eigenvalue weighted by molar-refractivity contribution is 5.92. The first-order valence-corrected chi connectivity index (χ1v) is 8.95. The van der Waals surface area contributed by atoms with E-state index < -0.39 is 0 Å². The van der Waals surface area contributed by atoms with Crippen LogP contribution in [0.15, 0.2) is 12.1 Å². The molecule has 4 nitrogen and oxygen atoms in total. The largest absolute Gasteiger partial charge is 0.454 e. The number of carbonyl (C=O) groups is 1. The first kappa shape index (κ1) is 14.9. The van der Waals surface area contributed by atoms with Crippen LogP contribution in [0.5, 0.6) is 11.5 Å². The van der Waals surface area contributed by atoms with Crippen LogP contribution in [0.4, 0.5) is 5.69 Å². The zero-order valence-corrected chi connectivity index (χ0v) is 13.8. The lowest BCUT2D eigenvalue weighted by Gasteiger charge is -2.21. The van der Waals surface area contributed by atoms with E-state index in [1.165, 1.54) is 25.7 Å². The van der Waals surface area contributed by atoms with Crippen LogP contribution in [0.1, 0.15) is 51.0 Å². The molecule has 2 bridgehead atoms. The summed E-state index contributed by atoms with van der Waals surface area (Å²) in [5, 5.41) is 3.14. The molecule has 3 atom stereocenters. The van der Waals surface area contributed by atoms with E-state index in [9.17, 15) is 4.79 Å². The Kier molecular flexibility index (Phi) is 3.92. The molecule has 0 saturated heterocycles. The monoisotopic (exact) mass is 315 g/mol. The van der Waals surface area contributed by atoms with Gasteiger partial charge in [-0.2, -0.15) is 0 Å². The van der Waals surface area contributed by atoms with Gasteiger partial charge >= 0.3 is 0 Å². The molecule has 0 aromatic heterocycles. The Morgan fingerprint density at radius 2 is 2.04 bits per heavy atom. The van der Waals surface area contributed by atoms with Crippen molar-refractivity contribution in [2.45, 2.75) is 51.9 Å². The van der Waals surface area contributed by atoms with Crippen LogP contribution < -0.4 is 14.8 Å². The minimum atomic E-state index is 0.152. The van der Waals surface area contributed by atoms with Crippen LogP contribution in [0.25, 0.3) is 0 Å². The molecule has 1 aromatic carbocycles. The summed E-state index contributed by atoms with van der Waals surface area (Å²) in [6.07, 6.45) is 7.94. The Morgan fingerprint density at radius 1 is 1.22 bits per heavy atom. The predicted octanol–water partition coefficient (Wildman–Crippen LogP) is 4.13. The van der Waals surface area contributed by atoms with Gasteiger partial charge in [-0.15, -0.1) is 0 Å². The molecule has 23 heavy (non-hydrogen) atoms. The van der Waals surface area contributed by atoms with Gasteiger partial charge in [-0.25, -0.2) is 0 Å². The Morgan fingerprint density at radius 3 is 2.74 bits per heavy atom. The Balaban J connectivity index is 1.46. The fourth-order valence-corrected chi connectivity index (χ4v) is 4.64. The summed E-state index contributed by atoms with van der Waals surface area (Å²) in [6.45, 7) is 2.41. The fourth-order valence-electron chi connectivity index (χ4n) is 4.64. The molecular weight excluding hydrogens is 290 g/mol. The maximum absolute atomic E-state index is 12.5. The lowest BCUT2D eigenvalue weighted by atomic mass is 9.86. The fraction of sp³-hybridized carbons (Fsp3) is 0.632. The van der Waals surface area contributed by atoms with Crippen molar-refractivity contribution in [1.82, 2.24) is 0 Å². The molecule has 124 valence electrons. The molecule has 1 aromatic rings. The highest BCUT2D eigenvalue weighted by Crippen LogP contribution is 2.49. The van der Waals surface area contributed by atoms with Crippen molar-refractivity contribution >= 4 is 11.6 Å². The first-order chi connectivity index (χ1) is 11.2. The molecule has 2 saturated carbocycles. The zero-order valence-electron chi connectivity index (χ0n) is 13.8. The van der Waals surface area contributed by atoms with Crippen molar-refractivity contribution in [3.8, 4) is 11.5 Å². The smallest absolute Gasteiger partial charge is 0.231 e. The minimum absolute atomic E-state index is 0.152. The second-order valence-electron chi connectivity index (χ2n) is 7.30. The summed E-state index contributed by atoms with van der Waals surface area (Å²) in [5.74, 6) is 3.95. The van der Waals surface area contributed by atoms with Gasteiger partial charge in [0.2, 0.25) is 12.7 Å². The van der Waals surface area contributed by atoms with Gasteiger partial charge in [0.15, 0.2) is 11.5 Å². The van der Waals surface area contributed by atoms with Gasteiger partial charge in [-0.1, -0.05) is 19.8 Å². The van der Waals surface area contributed by atoms with Crippen LogP contribution in [0.2, 0.25) is 0 Å². The van der Waals surface area contributed by atoms with E-state index in [1.807, 2.05) is 12.1 Å². The van der Waals surface area contributed by atoms with E-state index in [4.69, 9.17) is 9.47 Å². The van der Waals surface area contributed by atoms with Crippen molar-refractivity contribution < 1.29 is 14.3 Å². The quantitative estimate of drug-likeness (QED) is 0.888. The number of aryl methyl sites for hydroxylation is 1. The molecule has 4 rings (SSSR count). The average molecular weight is 315 g/mol. The molecule has 0 unspecified atom stereocenters. The van der Waals surface area contributed by atoms with Crippen LogP contribution in [-0.4, -0.2) is 12.7 Å². The normalized spacial score (nSPS) is 27.4. The maximum atomic E-state index is 12.5. The SMILES string of the molecule is CCCc1cc2c(cc1NC(=O)C[C@H]1C[C@@H]3CC[C@@H]1C3)OCO2. The van der Waals surface area contributed by atoms with E-state index in [0.29, 0.717) is 12.3 Å². The molecule has 1 heterocycles. The third-order valence-corrected chi connectivity index (χ3v) is 5.72. The molecule has 0 radical (unpaired) electrons. The Labute approximate surface area is 137 Å². The summed E-state index contributed by atoms with van der Waals surface area (Å²) < 4.78 is 10.9. The van der Waals surface area contributed by atoms with Gasteiger partial charge < -0.3 is 14.8 Å². The van der Waals surface area contributed by atoms with Crippen LogP contribution in [-0.2, 0) is 11.2 Å². The van der Waals surface area contributed by atoms with Gasteiger partial charge in [0.25, 0.3) is 0 Å². The molecule has 0 spiro atoms. The number of fused-ring (bicyclic) bond motifs is 3. The number of hydrogen-bond donors (Lipinski definition) is 1. The molecule has 1 amide bonds. The van der Waals surface area contributed by atoms with Gasteiger partial charge in [0.1, 0.15) is 0 Å². The van der Waals surface area contributed by atoms with Gasteiger partial charge in [-0.3, -0.25) is 4.79 Å². The number of rotatable bonds is 5. The summed E-state index contributed by atoms with van der Waals surface area (Å²) in [7, 11) is 0. The number of hydrogen-bond acceptors (Lipinski definition) is 3. The molecule has 4 heteroatoms. The number of anilines is 1. The van der Waals surface area contributed by atoms with E-state index in [0.717, 1.165) is 47.4 Å². The summed E-state index contributed by atoms with van der Waals surface area (Å²) in [6, 6.07) is 3.94. The zero-order chi connectivity index (χ0) is 15.8. The number of nitrogens with one attached hydrogen (secondary N) is 1. The van der Waals surface area contributed by atoms with Crippen LogP contribution in [0, 0.1) is 17.8 Å². The molecule has 1 aliphatic heterocycles.